The predicted molar refractivity (Wildman–Crippen MR) is 150 cm³/mol. The van der Waals surface area contributed by atoms with E-state index < -0.39 is 23.8 Å². The highest BCUT2D eigenvalue weighted by Gasteiger charge is 2.38. The predicted octanol–water partition coefficient (Wildman–Crippen LogP) is 3.93. The maximum absolute atomic E-state index is 13.9. The number of nitrogens with zero attached hydrogens (tertiary/aromatic N) is 4. The summed E-state index contributed by atoms with van der Waals surface area (Å²) in [6.07, 6.45) is -4.64. The zero-order valence-corrected chi connectivity index (χ0v) is 24.1. The Hall–Kier alpha value is -3.98. The van der Waals surface area contributed by atoms with Crippen LogP contribution in [0.15, 0.2) is 42.6 Å². The number of hydrogen-bond acceptors (Lipinski definition) is 10. The van der Waals surface area contributed by atoms with Crippen molar-refractivity contribution >= 4 is 17.5 Å². The third-order valence-electron chi connectivity index (χ3n) is 7.61. The fourth-order valence-electron chi connectivity index (χ4n) is 5.27. The molecule has 5 rings (SSSR count). The molecule has 1 saturated heterocycles. The second kappa shape index (κ2) is 12.3. The summed E-state index contributed by atoms with van der Waals surface area (Å²) in [5, 5.41) is 16.4. The SMILES string of the molecule is COc1cc(C(=O)NC2CCN(C)C[C@H]2OC)ccc1Nc1ncc(C(F)(F)F)c(Oc2cccc3c2C(O)N(C)C3)n1. The highest BCUT2D eigenvalue weighted by molar-refractivity contribution is 5.95. The van der Waals surface area contributed by atoms with Crippen LogP contribution in [-0.4, -0.2) is 84.3 Å². The molecule has 2 unspecified atom stereocenters. The van der Waals surface area contributed by atoms with Crippen LogP contribution in [0, 0.1) is 0 Å². The summed E-state index contributed by atoms with van der Waals surface area (Å²) in [6, 6.07) is 9.34. The minimum atomic E-state index is -4.80. The molecule has 2 aromatic carbocycles. The number of rotatable bonds is 8. The van der Waals surface area contributed by atoms with E-state index in [0.717, 1.165) is 18.5 Å². The van der Waals surface area contributed by atoms with Gasteiger partial charge in [0.05, 0.1) is 24.9 Å². The van der Waals surface area contributed by atoms with Crippen molar-refractivity contribution in [2.75, 3.05) is 46.7 Å². The minimum absolute atomic E-state index is 0.0535. The van der Waals surface area contributed by atoms with Gasteiger partial charge in [-0.15, -0.1) is 0 Å². The number of likely N-dealkylation sites (N-methyl/N-ethyl adjacent to an activating group) is 1. The number of methoxy groups -OCH3 is 2. The van der Waals surface area contributed by atoms with Gasteiger partial charge in [0.2, 0.25) is 11.8 Å². The van der Waals surface area contributed by atoms with Crippen molar-refractivity contribution in [2.24, 2.45) is 0 Å². The molecule has 3 N–H and O–H groups in total. The molecule has 0 bridgehead atoms. The van der Waals surface area contributed by atoms with Crippen LogP contribution in [0.2, 0.25) is 0 Å². The number of aliphatic hydroxyl groups is 1. The first-order chi connectivity index (χ1) is 20.5. The molecule has 3 atom stereocenters. The Morgan fingerprint density at radius 2 is 1.93 bits per heavy atom. The van der Waals surface area contributed by atoms with Gasteiger partial charge >= 0.3 is 6.18 Å². The van der Waals surface area contributed by atoms with E-state index in [1.165, 1.54) is 19.2 Å². The summed E-state index contributed by atoms with van der Waals surface area (Å²) in [4.78, 5) is 24.7. The Balaban J connectivity index is 1.38. The Bertz CT molecular complexity index is 1490. The number of fused-ring (bicyclic) bond motifs is 1. The number of hydrogen-bond donors (Lipinski definition) is 3. The molecule has 1 aromatic heterocycles. The van der Waals surface area contributed by atoms with Crippen LogP contribution in [0.1, 0.15) is 39.7 Å². The molecule has 0 aliphatic carbocycles. The molecule has 43 heavy (non-hydrogen) atoms. The second-order valence-corrected chi connectivity index (χ2v) is 10.6. The third-order valence-corrected chi connectivity index (χ3v) is 7.61. The molecule has 230 valence electrons. The van der Waals surface area contributed by atoms with Crippen molar-refractivity contribution in [2.45, 2.75) is 37.5 Å². The Labute approximate surface area is 246 Å². The number of ether oxygens (including phenoxy) is 3. The van der Waals surface area contributed by atoms with Gasteiger partial charge in [-0.2, -0.15) is 18.2 Å². The van der Waals surface area contributed by atoms with Crippen LogP contribution in [-0.2, 0) is 17.5 Å². The van der Waals surface area contributed by atoms with Crippen LogP contribution < -0.4 is 20.1 Å². The Morgan fingerprint density at radius 3 is 2.65 bits per heavy atom. The number of nitrogens with one attached hydrogen (secondary N) is 2. The summed E-state index contributed by atoms with van der Waals surface area (Å²) in [5.41, 5.74) is 0.569. The summed E-state index contributed by atoms with van der Waals surface area (Å²) in [6.45, 7) is 1.92. The maximum Gasteiger partial charge on any atom is 0.423 e. The number of aliphatic hydroxyl groups excluding tert-OH is 1. The van der Waals surface area contributed by atoms with Gasteiger partial charge in [-0.25, -0.2) is 4.98 Å². The fourth-order valence-corrected chi connectivity index (χ4v) is 5.27. The second-order valence-electron chi connectivity index (χ2n) is 10.6. The number of anilines is 2. The van der Waals surface area contributed by atoms with Crippen molar-refractivity contribution in [1.29, 1.82) is 0 Å². The molecule has 14 heteroatoms. The monoisotopic (exact) mass is 602 g/mol. The van der Waals surface area contributed by atoms with E-state index in [0.29, 0.717) is 36.1 Å². The number of halogens is 3. The van der Waals surface area contributed by atoms with E-state index in [1.807, 2.05) is 7.05 Å². The zero-order valence-electron chi connectivity index (χ0n) is 24.1. The summed E-state index contributed by atoms with van der Waals surface area (Å²) in [5.74, 6) is -0.944. The number of alkyl halides is 3. The van der Waals surface area contributed by atoms with Crippen LogP contribution in [0.3, 0.4) is 0 Å². The molecular formula is C29H33F3N6O5. The van der Waals surface area contributed by atoms with Gasteiger partial charge in [0.25, 0.3) is 5.91 Å². The molecule has 0 radical (unpaired) electrons. The van der Waals surface area contributed by atoms with E-state index in [9.17, 15) is 23.1 Å². The maximum atomic E-state index is 13.9. The van der Waals surface area contributed by atoms with Gasteiger partial charge in [-0.3, -0.25) is 9.69 Å². The van der Waals surface area contributed by atoms with Gasteiger partial charge in [0.1, 0.15) is 23.3 Å². The molecule has 1 amide bonds. The van der Waals surface area contributed by atoms with E-state index >= 15 is 0 Å². The van der Waals surface area contributed by atoms with E-state index in [1.54, 1.807) is 43.3 Å². The fraction of sp³-hybridized carbons (Fsp3) is 0.414. The van der Waals surface area contributed by atoms with Crippen molar-refractivity contribution < 1.29 is 37.3 Å². The molecule has 3 heterocycles. The lowest BCUT2D eigenvalue weighted by Gasteiger charge is -2.36. The minimum Gasteiger partial charge on any atom is -0.495 e. The molecular weight excluding hydrogens is 569 g/mol. The average molecular weight is 603 g/mol. The topological polar surface area (TPSA) is 121 Å². The van der Waals surface area contributed by atoms with E-state index in [2.05, 4.69) is 25.5 Å². The number of carbonyl (C=O) groups excluding carboxylic acids is 1. The number of likely N-dealkylation sites (tertiary alicyclic amines) is 1. The van der Waals surface area contributed by atoms with Crippen molar-refractivity contribution in [3.05, 3.63) is 64.8 Å². The number of benzene rings is 2. The molecule has 0 spiro atoms. The van der Waals surface area contributed by atoms with Crippen LogP contribution in [0.4, 0.5) is 24.8 Å². The molecule has 2 aliphatic heterocycles. The molecule has 11 nitrogen and oxygen atoms in total. The number of piperidine rings is 1. The largest absolute Gasteiger partial charge is 0.495 e. The zero-order chi connectivity index (χ0) is 30.9. The van der Waals surface area contributed by atoms with Crippen molar-refractivity contribution in [3.63, 3.8) is 0 Å². The van der Waals surface area contributed by atoms with Gasteiger partial charge in [-0.1, -0.05) is 12.1 Å². The molecule has 1 fully saturated rings. The first-order valence-corrected chi connectivity index (χ1v) is 13.6. The highest BCUT2D eigenvalue weighted by atomic mass is 19.4. The lowest BCUT2D eigenvalue weighted by Crippen LogP contribution is -2.53. The summed E-state index contributed by atoms with van der Waals surface area (Å²) < 4.78 is 58.4. The summed E-state index contributed by atoms with van der Waals surface area (Å²) >= 11 is 0. The standard InChI is InChI=1S/C29H33F3N6O5/c1-37-11-10-20(23(15-37)42-4)34-25(39)16-8-9-19(22(12-16)41-3)35-28-33-13-18(29(30,31)32)26(36-28)43-21-7-5-6-17-14-38(2)27(40)24(17)21/h5-9,12-13,20,23,27,40H,10-11,14-15H2,1-4H3,(H,34,39)(H,33,35,36)/t20?,23-,27?/m1/s1. The van der Waals surface area contributed by atoms with Crippen LogP contribution in [0.25, 0.3) is 0 Å². The van der Waals surface area contributed by atoms with Gasteiger partial charge in [0, 0.05) is 37.5 Å². The number of aromatic nitrogens is 2. The third kappa shape index (κ3) is 6.51. The van der Waals surface area contributed by atoms with Crippen molar-refractivity contribution in [1.82, 2.24) is 25.1 Å². The average Bonchev–Trinajstić information content (AvgIpc) is 3.27. The van der Waals surface area contributed by atoms with Crippen molar-refractivity contribution in [3.8, 4) is 17.4 Å². The first-order valence-electron chi connectivity index (χ1n) is 13.6. The normalized spacial score (nSPS) is 20.9. The van der Waals surface area contributed by atoms with Crippen LogP contribution in [0.5, 0.6) is 17.4 Å². The van der Waals surface area contributed by atoms with Crippen LogP contribution >= 0.6 is 0 Å². The lowest BCUT2D eigenvalue weighted by molar-refractivity contribution is -0.139. The van der Waals surface area contributed by atoms with E-state index in [4.69, 9.17) is 14.2 Å². The van der Waals surface area contributed by atoms with Gasteiger partial charge < -0.3 is 34.9 Å². The molecule has 3 aromatic rings. The van der Waals surface area contributed by atoms with Gasteiger partial charge in [0.15, 0.2) is 0 Å². The highest BCUT2D eigenvalue weighted by Crippen LogP contribution is 2.42. The Kier molecular flexibility index (Phi) is 8.74. The first kappa shape index (κ1) is 30.5. The lowest BCUT2D eigenvalue weighted by atomic mass is 10.0. The molecule has 0 saturated carbocycles. The smallest absolute Gasteiger partial charge is 0.423 e. The number of carbonyl (C=O) groups is 1. The Morgan fingerprint density at radius 1 is 1.14 bits per heavy atom. The molecule has 2 aliphatic rings. The summed E-state index contributed by atoms with van der Waals surface area (Å²) in [7, 11) is 6.70. The quantitative estimate of drug-likeness (QED) is 0.350. The number of amides is 1. The van der Waals surface area contributed by atoms with Gasteiger partial charge in [-0.05, 0) is 56.9 Å². The van der Waals surface area contributed by atoms with E-state index in [-0.39, 0.29) is 35.5 Å².